The van der Waals surface area contributed by atoms with Gasteiger partial charge in [-0.3, -0.25) is 9.59 Å². The van der Waals surface area contributed by atoms with Gasteiger partial charge in [0.1, 0.15) is 6.04 Å². The van der Waals surface area contributed by atoms with Crippen molar-refractivity contribution in [3.8, 4) is 0 Å². The van der Waals surface area contributed by atoms with Crippen LogP contribution in [0.5, 0.6) is 0 Å². The second-order valence-corrected chi connectivity index (χ2v) is 3.86. The second-order valence-electron chi connectivity index (χ2n) is 3.86. The maximum atomic E-state index is 11.6. The van der Waals surface area contributed by atoms with E-state index < -0.39 is 24.0 Å². The van der Waals surface area contributed by atoms with E-state index in [4.69, 9.17) is 10.8 Å². The zero-order valence-electron chi connectivity index (χ0n) is 9.59. The van der Waals surface area contributed by atoms with Crippen LogP contribution in [0.3, 0.4) is 0 Å². The Morgan fingerprint density at radius 2 is 1.94 bits per heavy atom. The molecule has 17 heavy (non-hydrogen) atoms. The van der Waals surface area contributed by atoms with Crippen LogP contribution in [0.2, 0.25) is 0 Å². The van der Waals surface area contributed by atoms with Crippen molar-refractivity contribution in [1.29, 1.82) is 0 Å². The minimum atomic E-state index is -1.08. The number of nitrogens with one attached hydrogen (secondary N) is 1. The number of aliphatic carboxylic acids is 1. The van der Waals surface area contributed by atoms with Crippen molar-refractivity contribution in [2.24, 2.45) is 5.73 Å². The van der Waals surface area contributed by atoms with Crippen LogP contribution in [-0.4, -0.2) is 29.1 Å². The van der Waals surface area contributed by atoms with Gasteiger partial charge in [-0.1, -0.05) is 30.3 Å². The maximum absolute atomic E-state index is 11.6. The molecule has 0 radical (unpaired) electrons. The Labute approximate surface area is 99.6 Å². The van der Waals surface area contributed by atoms with Crippen LogP contribution < -0.4 is 11.1 Å². The molecule has 0 heterocycles. The summed E-state index contributed by atoms with van der Waals surface area (Å²) in [5.41, 5.74) is 6.64. The van der Waals surface area contributed by atoms with E-state index in [-0.39, 0.29) is 0 Å². The first-order valence-corrected chi connectivity index (χ1v) is 5.33. The summed E-state index contributed by atoms with van der Waals surface area (Å²) in [5.74, 6) is -1.53. The van der Waals surface area contributed by atoms with E-state index in [9.17, 15) is 9.59 Å². The quantitative estimate of drug-likeness (QED) is 0.678. The Hall–Kier alpha value is -1.88. The van der Waals surface area contributed by atoms with Gasteiger partial charge < -0.3 is 16.2 Å². The summed E-state index contributed by atoms with van der Waals surface area (Å²) in [6.07, 6.45) is 0.388. The average molecular weight is 236 g/mol. The van der Waals surface area contributed by atoms with Crippen molar-refractivity contribution in [3.63, 3.8) is 0 Å². The third-order valence-corrected chi connectivity index (χ3v) is 2.36. The summed E-state index contributed by atoms with van der Waals surface area (Å²) in [6.45, 7) is 1.40. The largest absolute Gasteiger partial charge is 0.480 e. The van der Waals surface area contributed by atoms with Crippen molar-refractivity contribution in [2.45, 2.75) is 25.4 Å². The molecule has 1 amide bonds. The van der Waals surface area contributed by atoms with Gasteiger partial charge in [0.25, 0.3) is 0 Å². The molecule has 0 aromatic heterocycles. The van der Waals surface area contributed by atoms with Crippen LogP contribution in [0, 0.1) is 0 Å². The standard InChI is InChI=1S/C12H16N2O3/c1-8(12(16)17)14-11(15)10(13)7-9-5-3-2-4-6-9/h2-6,8,10H,7,13H2,1H3,(H,14,15)(H,16,17)/t8?,10-/m0/s1. The van der Waals surface area contributed by atoms with Crippen molar-refractivity contribution >= 4 is 11.9 Å². The third kappa shape index (κ3) is 4.24. The fraction of sp³-hybridized carbons (Fsp3) is 0.333. The number of hydrogen-bond acceptors (Lipinski definition) is 3. The molecule has 0 bridgehead atoms. The number of carbonyl (C=O) groups excluding carboxylic acids is 1. The number of amides is 1. The molecule has 0 fully saturated rings. The Morgan fingerprint density at radius 1 is 1.35 bits per heavy atom. The predicted octanol–water partition coefficient (Wildman–Crippen LogP) is 0.146. The molecule has 1 unspecified atom stereocenters. The number of rotatable bonds is 5. The molecular weight excluding hydrogens is 220 g/mol. The molecule has 1 aromatic carbocycles. The molecule has 1 aromatic rings. The molecule has 1 rings (SSSR count). The highest BCUT2D eigenvalue weighted by Crippen LogP contribution is 2.02. The minimum absolute atomic E-state index is 0.388. The first kappa shape index (κ1) is 13.2. The molecule has 2 atom stereocenters. The van der Waals surface area contributed by atoms with Gasteiger partial charge >= 0.3 is 5.97 Å². The first-order valence-electron chi connectivity index (χ1n) is 5.33. The molecule has 5 heteroatoms. The molecule has 0 saturated carbocycles. The lowest BCUT2D eigenvalue weighted by molar-refractivity contribution is -0.141. The second kappa shape index (κ2) is 6.00. The fourth-order valence-corrected chi connectivity index (χ4v) is 1.34. The van der Waals surface area contributed by atoms with E-state index >= 15 is 0 Å². The predicted molar refractivity (Wildman–Crippen MR) is 63.4 cm³/mol. The lowest BCUT2D eigenvalue weighted by atomic mass is 10.1. The van der Waals surface area contributed by atoms with Crippen LogP contribution in [-0.2, 0) is 16.0 Å². The summed E-state index contributed by atoms with van der Waals surface area (Å²) in [7, 11) is 0. The first-order chi connectivity index (χ1) is 8.00. The zero-order chi connectivity index (χ0) is 12.8. The Morgan fingerprint density at radius 3 is 2.47 bits per heavy atom. The van der Waals surface area contributed by atoms with Gasteiger partial charge in [0.15, 0.2) is 0 Å². The van der Waals surface area contributed by atoms with E-state index in [0.29, 0.717) is 6.42 Å². The maximum Gasteiger partial charge on any atom is 0.325 e. The van der Waals surface area contributed by atoms with Crippen molar-refractivity contribution in [3.05, 3.63) is 35.9 Å². The zero-order valence-corrected chi connectivity index (χ0v) is 9.59. The highest BCUT2D eigenvalue weighted by molar-refractivity contribution is 5.86. The van der Waals surface area contributed by atoms with E-state index in [1.54, 1.807) is 0 Å². The summed E-state index contributed by atoms with van der Waals surface area (Å²) in [6, 6.07) is 7.67. The molecule has 0 aliphatic carbocycles. The molecule has 0 spiro atoms. The molecule has 92 valence electrons. The van der Waals surface area contributed by atoms with E-state index in [2.05, 4.69) is 5.32 Å². The average Bonchev–Trinajstić information content (AvgIpc) is 2.29. The molecule has 0 saturated heterocycles. The number of benzene rings is 1. The molecule has 4 N–H and O–H groups in total. The summed E-state index contributed by atoms with van der Waals surface area (Å²) >= 11 is 0. The number of carboxylic acid groups (broad SMARTS) is 1. The third-order valence-electron chi connectivity index (χ3n) is 2.36. The topological polar surface area (TPSA) is 92.4 Å². The minimum Gasteiger partial charge on any atom is -0.480 e. The van der Waals surface area contributed by atoms with Crippen LogP contribution >= 0.6 is 0 Å². The van der Waals surface area contributed by atoms with Gasteiger partial charge in [-0.05, 0) is 18.9 Å². The SMILES string of the molecule is CC(NC(=O)[C@@H](N)Cc1ccccc1)C(=O)O. The van der Waals surface area contributed by atoms with Gasteiger partial charge in [-0.15, -0.1) is 0 Å². The summed E-state index contributed by atoms with van der Waals surface area (Å²) in [4.78, 5) is 22.1. The molecule has 0 aliphatic rings. The lowest BCUT2D eigenvalue weighted by Gasteiger charge is -2.14. The highest BCUT2D eigenvalue weighted by Gasteiger charge is 2.19. The monoisotopic (exact) mass is 236 g/mol. The highest BCUT2D eigenvalue weighted by atomic mass is 16.4. The van der Waals surface area contributed by atoms with Gasteiger partial charge in [0, 0.05) is 0 Å². The van der Waals surface area contributed by atoms with Gasteiger partial charge in [0.2, 0.25) is 5.91 Å². The fourth-order valence-electron chi connectivity index (χ4n) is 1.34. The van der Waals surface area contributed by atoms with E-state index in [1.165, 1.54) is 6.92 Å². The number of hydrogen-bond donors (Lipinski definition) is 3. The Bertz CT molecular complexity index is 392. The smallest absolute Gasteiger partial charge is 0.325 e. The van der Waals surface area contributed by atoms with Gasteiger partial charge in [-0.2, -0.15) is 0 Å². The Balaban J connectivity index is 2.50. The summed E-state index contributed by atoms with van der Waals surface area (Å²) in [5, 5.41) is 11.0. The van der Waals surface area contributed by atoms with Crippen molar-refractivity contribution in [2.75, 3.05) is 0 Å². The lowest BCUT2D eigenvalue weighted by Crippen LogP contribution is -2.47. The van der Waals surface area contributed by atoms with E-state index in [0.717, 1.165) is 5.56 Å². The van der Waals surface area contributed by atoms with Crippen LogP contribution in [0.4, 0.5) is 0 Å². The van der Waals surface area contributed by atoms with Crippen LogP contribution in [0.15, 0.2) is 30.3 Å². The van der Waals surface area contributed by atoms with Crippen LogP contribution in [0.25, 0.3) is 0 Å². The molecule has 0 aliphatic heterocycles. The van der Waals surface area contributed by atoms with E-state index in [1.807, 2.05) is 30.3 Å². The van der Waals surface area contributed by atoms with Gasteiger partial charge in [0.05, 0.1) is 6.04 Å². The number of carboxylic acids is 1. The van der Waals surface area contributed by atoms with Crippen molar-refractivity contribution < 1.29 is 14.7 Å². The Kier molecular flexibility index (Phi) is 4.66. The van der Waals surface area contributed by atoms with Gasteiger partial charge in [-0.25, -0.2) is 0 Å². The van der Waals surface area contributed by atoms with Crippen LogP contribution in [0.1, 0.15) is 12.5 Å². The summed E-state index contributed by atoms with van der Waals surface area (Å²) < 4.78 is 0. The number of carbonyl (C=O) groups is 2. The normalized spacial score (nSPS) is 13.8. The number of nitrogens with two attached hydrogens (primary N) is 1. The van der Waals surface area contributed by atoms with Crippen molar-refractivity contribution in [1.82, 2.24) is 5.32 Å². The molecule has 5 nitrogen and oxygen atoms in total. The molecular formula is C12H16N2O3.